The Bertz CT molecular complexity index is 600. The van der Waals surface area contributed by atoms with Crippen molar-refractivity contribution in [1.29, 1.82) is 0 Å². The molecular formula is C16H21N3O. The maximum atomic E-state index is 12.4. The Balaban J connectivity index is 2.32. The maximum absolute atomic E-state index is 12.4. The van der Waals surface area contributed by atoms with Crippen LogP contribution < -0.4 is 0 Å². The molecule has 2 aromatic rings. The molecule has 0 radical (unpaired) electrons. The van der Waals surface area contributed by atoms with Crippen LogP contribution in [0.15, 0.2) is 30.3 Å². The standard InChI is InChI=1S/C16H21N3O/c1-12-16(15(20)10-11-18(3)4)13(2)19(17-12)14-8-6-5-7-9-14/h5-9H,10-11H2,1-4H3. The van der Waals surface area contributed by atoms with E-state index in [1.807, 2.05) is 67.9 Å². The average molecular weight is 271 g/mol. The van der Waals surface area contributed by atoms with Crippen LogP contribution in [-0.2, 0) is 0 Å². The summed E-state index contributed by atoms with van der Waals surface area (Å²) in [6, 6.07) is 9.90. The van der Waals surface area contributed by atoms with Crippen LogP contribution >= 0.6 is 0 Å². The van der Waals surface area contributed by atoms with E-state index in [2.05, 4.69) is 5.10 Å². The number of hydrogen-bond acceptors (Lipinski definition) is 3. The zero-order valence-corrected chi connectivity index (χ0v) is 12.6. The van der Waals surface area contributed by atoms with Crippen LogP contribution in [0.5, 0.6) is 0 Å². The molecule has 0 bridgehead atoms. The minimum Gasteiger partial charge on any atom is -0.309 e. The second-order valence-corrected chi connectivity index (χ2v) is 5.27. The molecule has 20 heavy (non-hydrogen) atoms. The van der Waals surface area contributed by atoms with Gasteiger partial charge < -0.3 is 4.90 Å². The second kappa shape index (κ2) is 6.01. The van der Waals surface area contributed by atoms with Gasteiger partial charge in [-0.1, -0.05) is 18.2 Å². The highest BCUT2D eigenvalue weighted by Gasteiger charge is 2.19. The molecule has 4 nitrogen and oxygen atoms in total. The number of carbonyl (C=O) groups excluding carboxylic acids is 1. The van der Waals surface area contributed by atoms with Crippen molar-refractivity contribution in [3.8, 4) is 5.69 Å². The van der Waals surface area contributed by atoms with Crippen LogP contribution in [-0.4, -0.2) is 41.1 Å². The third-order valence-electron chi connectivity index (χ3n) is 3.36. The Morgan fingerprint density at radius 1 is 1.20 bits per heavy atom. The lowest BCUT2D eigenvalue weighted by atomic mass is 10.1. The van der Waals surface area contributed by atoms with Gasteiger partial charge >= 0.3 is 0 Å². The molecular weight excluding hydrogens is 250 g/mol. The summed E-state index contributed by atoms with van der Waals surface area (Å²) in [5.74, 6) is 0.163. The van der Waals surface area contributed by atoms with E-state index < -0.39 is 0 Å². The Morgan fingerprint density at radius 2 is 1.85 bits per heavy atom. The highest BCUT2D eigenvalue weighted by atomic mass is 16.1. The van der Waals surface area contributed by atoms with Gasteiger partial charge in [-0.2, -0.15) is 5.10 Å². The summed E-state index contributed by atoms with van der Waals surface area (Å²) in [7, 11) is 3.95. The summed E-state index contributed by atoms with van der Waals surface area (Å²) in [5, 5.41) is 4.51. The third-order valence-corrected chi connectivity index (χ3v) is 3.36. The van der Waals surface area contributed by atoms with Crippen LogP contribution in [0.2, 0.25) is 0 Å². The number of nitrogens with zero attached hydrogens (tertiary/aromatic N) is 3. The predicted octanol–water partition coefficient (Wildman–Crippen LogP) is 2.62. The van der Waals surface area contributed by atoms with E-state index in [0.717, 1.165) is 29.2 Å². The van der Waals surface area contributed by atoms with Gasteiger partial charge in [0.25, 0.3) is 0 Å². The van der Waals surface area contributed by atoms with E-state index in [9.17, 15) is 4.79 Å². The van der Waals surface area contributed by atoms with Crippen molar-refractivity contribution in [2.75, 3.05) is 20.6 Å². The largest absolute Gasteiger partial charge is 0.309 e. The molecule has 106 valence electrons. The van der Waals surface area contributed by atoms with Gasteiger partial charge in [-0.25, -0.2) is 4.68 Å². The molecule has 0 aliphatic rings. The monoisotopic (exact) mass is 271 g/mol. The molecule has 0 spiro atoms. The van der Waals surface area contributed by atoms with Gasteiger partial charge in [0.05, 0.1) is 22.6 Å². The second-order valence-electron chi connectivity index (χ2n) is 5.27. The number of aryl methyl sites for hydroxylation is 1. The SMILES string of the molecule is Cc1nn(-c2ccccc2)c(C)c1C(=O)CCN(C)C. The molecule has 0 aliphatic carbocycles. The van der Waals surface area contributed by atoms with Crippen molar-refractivity contribution in [1.82, 2.24) is 14.7 Å². The van der Waals surface area contributed by atoms with Crippen molar-refractivity contribution in [2.45, 2.75) is 20.3 Å². The Labute approximate surface area is 120 Å². The number of hydrogen-bond donors (Lipinski definition) is 0. The Hall–Kier alpha value is -1.94. The van der Waals surface area contributed by atoms with E-state index in [4.69, 9.17) is 0 Å². The molecule has 0 aliphatic heterocycles. The van der Waals surface area contributed by atoms with E-state index >= 15 is 0 Å². The number of aromatic nitrogens is 2. The van der Waals surface area contributed by atoms with Gasteiger partial charge in [-0.05, 0) is 40.1 Å². The number of benzene rings is 1. The summed E-state index contributed by atoms with van der Waals surface area (Å²) < 4.78 is 1.85. The molecule has 0 unspecified atom stereocenters. The summed E-state index contributed by atoms with van der Waals surface area (Å²) in [4.78, 5) is 14.4. The number of Topliss-reactive ketones (excluding diaryl/α,β-unsaturated/α-hetero) is 1. The van der Waals surface area contributed by atoms with E-state index in [0.29, 0.717) is 6.42 Å². The summed E-state index contributed by atoms with van der Waals surface area (Å²) >= 11 is 0. The van der Waals surface area contributed by atoms with Crippen molar-refractivity contribution in [3.05, 3.63) is 47.3 Å². The molecule has 1 aromatic heterocycles. The molecule has 1 heterocycles. The molecule has 4 heteroatoms. The van der Waals surface area contributed by atoms with E-state index in [-0.39, 0.29) is 5.78 Å². The molecule has 0 fully saturated rings. The molecule has 0 amide bonds. The topological polar surface area (TPSA) is 38.1 Å². The minimum absolute atomic E-state index is 0.163. The summed E-state index contributed by atoms with van der Waals surface area (Å²) in [6.07, 6.45) is 0.523. The molecule has 1 aromatic carbocycles. The van der Waals surface area contributed by atoms with Gasteiger partial charge in [0.1, 0.15) is 0 Å². The van der Waals surface area contributed by atoms with Gasteiger partial charge in [-0.15, -0.1) is 0 Å². The zero-order chi connectivity index (χ0) is 14.7. The first kappa shape index (κ1) is 14.5. The number of rotatable bonds is 5. The molecule has 0 saturated carbocycles. The number of carbonyl (C=O) groups is 1. The van der Waals surface area contributed by atoms with Gasteiger partial charge in [-0.3, -0.25) is 4.79 Å². The van der Waals surface area contributed by atoms with Crippen LogP contribution in [0.4, 0.5) is 0 Å². The molecule has 0 atom stereocenters. The lowest BCUT2D eigenvalue weighted by molar-refractivity contribution is 0.0971. The third kappa shape index (κ3) is 2.96. The number of para-hydroxylation sites is 1. The fourth-order valence-corrected chi connectivity index (χ4v) is 2.32. The molecule has 0 N–H and O–H groups in total. The maximum Gasteiger partial charge on any atom is 0.167 e. The van der Waals surface area contributed by atoms with E-state index in [1.54, 1.807) is 0 Å². The normalized spacial score (nSPS) is 11.1. The highest BCUT2D eigenvalue weighted by molar-refractivity contribution is 5.98. The first-order valence-corrected chi connectivity index (χ1v) is 6.80. The average Bonchev–Trinajstić information content (AvgIpc) is 2.72. The lowest BCUT2D eigenvalue weighted by Crippen LogP contribution is -2.17. The predicted molar refractivity (Wildman–Crippen MR) is 80.5 cm³/mol. The van der Waals surface area contributed by atoms with Crippen LogP contribution in [0.1, 0.15) is 28.2 Å². The summed E-state index contributed by atoms with van der Waals surface area (Å²) in [6.45, 7) is 4.61. The van der Waals surface area contributed by atoms with Gasteiger partial charge in [0.15, 0.2) is 5.78 Å². The van der Waals surface area contributed by atoms with Gasteiger partial charge in [0, 0.05) is 13.0 Å². The van der Waals surface area contributed by atoms with Crippen LogP contribution in [0, 0.1) is 13.8 Å². The van der Waals surface area contributed by atoms with Gasteiger partial charge in [0.2, 0.25) is 0 Å². The molecule has 2 rings (SSSR count). The Kier molecular flexibility index (Phi) is 4.35. The van der Waals surface area contributed by atoms with Crippen molar-refractivity contribution in [3.63, 3.8) is 0 Å². The fraction of sp³-hybridized carbons (Fsp3) is 0.375. The first-order valence-electron chi connectivity index (χ1n) is 6.80. The summed E-state index contributed by atoms with van der Waals surface area (Å²) in [5.41, 5.74) is 3.46. The highest BCUT2D eigenvalue weighted by Crippen LogP contribution is 2.19. The minimum atomic E-state index is 0.163. The van der Waals surface area contributed by atoms with Crippen molar-refractivity contribution >= 4 is 5.78 Å². The smallest absolute Gasteiger partial charge is 0.167 e. The zero-order valence-electron chi connectivity index (χ0n) is 12.6. The number of ketones is 1. The van der Waals surface area contributed by atoms with E-state index in [1.165, 1.54) is 0 Å². The van der Waals surface area contributed by atoms with Crippen molar-refractivity contribution < 1.29 is 4.79 Å². The van der Waals surface area contributed by atoms with Crippen molar-refractivity contribution in [2.24, 2.45) is 0 Å². The fourth-order valence-electron chi connectivity index (χ4n) is 2.32. The first-order chi connectivity index (χ1) is 9.50. The quantitative estimate of drug-likeness (QED) is 0.785. The van der Waals surface area contributed by atoms with Crippen LogP contribution in [0.25, 0.3) is 5.69 Å². The molecule has 0 saturated heterocycles. The Morgan fingerprint density at radius 3 is 2.45 bits per heavy atom. The lowest BCUT2D eigenvalue weighted by Gasteiger charge is -2.08. The van der Waals surface area contributed by atoms with Crippen LogP contribution in [0.3, 0.4) is 0 Å².